The van der Waals surface area contributed by atoms with Crippen LogP contribution < -0.4 is 14.8 Å². The highest BCUT2D eigenvalue weighted by Gasteiger charge is 2.16. The lowest BCUT2D eigenvalue weighted by Crippen LogP contribution is -2.32. The first-order valence-electron chi connectivity index (χ1n) is 8.83. The van der Waals surface area contributed by atoms with Gasteiger partial charge in [-0.3, -0.25) is 4.79 Å². The normalized spacial score (nSPS) is 12.5. The summed E-state index contributed by atoms with van der Waals surface area (Å²) in [5.74, 6) is -0.725. The Kier molecular flexibility index (Phi) is 7.15. The Labute approximate surface area is 165 Å². The van der Waals surface area contributed by atoms with Crippen molar-refractivity contribution in [2.45, 2.75) is 38.1 Å². The standard InChI is InChI=1S/C20H25FN2O4S/c1-13-5-7-17(11-14(13)2)28(25,26)22-10-9-20(24)23-15(3)16-6-8-19(27-4)18(21)12-16/h5-8,11-12,15,22H,9-10H2,1-4H3,(H,23,24). The van der Waals surface area contributed by atoms with Crippen LogP contribution in [-0.4, -0.2) is 28.0 Å². The minimum absolute atomic E-state index is 0.0347. The number of ether oxygens (including phenoxy) is 1. The topological polar surface area (TPSA) is 84.5 Å². The quantitative estimate of drug-likeness (QED) is 0.703. The average Bonchev–Trinajstić information content (AvgIpc) is 2.63. The fraction of sp³-hybridized carbons (Fsp3) is 0.350. The highest BCUT2D eigenvalue weighted by molar-refractivity contribution is 7.89. The number of benzene rings is 2. The number of halogens is 1. The van der Waals surface area contributed by atoms with E-state index in [0.717, 1.165) is 11.1 Å². The third kappa shape index (κ3) is 5.53. The van der Waals surface area contributed by atoms with Crippen LogP contribution >= 0.6 is 0 Å². The molecule has 0 saturated heterocycles. The predicted octanol–water partition coefficient (Wildman–Crippen LogP) is 3.00. The molecule has 0 radical (unpaired) electrons. The van der Waals surface area contributed by atoms with Crippen molar-refractivity contribution < 1.29 is 22.3 Å². The zero-order chi connectivity index (χ0) is 20.9. The minimum Gasteiger partial charge on any atom is -0.494 e. The van der Waals surface area contributed by atoms with Gasteiger partial charge in [-0.15, -0.1) is 0 Å². The zero-order valence-corrected chi connectivity index (χ0v) is 17.2. The summed E-state index contributed by atoms with van der Waals surface area (Å²) in [6, 6.07) is 8.89. The molecule has 1 unspecified atom stereocenters. The molecule has 2 aromatic carbocycles. The Bertz CT molecular complexity index is 961. The van der Waals surface area contributed by atoms with Crippen molar-refractivity contribution in [1.29, 1.82) is 0 Å². The van der Waals surface area contributed by atoms with Gasteiger partial charge in [0.1, 0.15) is 0 Å². The fourth-order valence-corrected chi connectivity index (χ4v) is 3.73. The SMILES string of the molecule is COc1ccc(C(C)NC(=O)CCNS(=O)(=O)c2ccc(C)c(C)c2)cc1F. The molecule has 2 rings (SSSR count). The molecule has 1 atom stereocenters. The number of aryl methyl sites for hydroxylation is 2. The lowest BCUT2D eigenvalue weighted by atomic mass is 10.1. The van der Waals surface area contributed by atoms with Crippen LogP contribution in [0.5, 0.6) is 5.75 Å². The number of nitrogens with one attached hydrogen (secondary N) is 2. The molecule has 0 aliphatic rings. The van der Waals surface area contributed by atoms with Gasteiger partial charge < -0.3 is 10.1 Å². The van der Waals surface area contributed by atoms with Gasteiger partial charge >= 0.3 is 0 Å². The maximum atomic E-state index is 13.8. The van der Waals surface area contributed by atoms with E-state index in [1.165, 1.54) is 25.3 Å². The number of rotatable bonds is 8. The summed E-state index contributed by atoms with van der Waals surface area (Å²) in [6.07, 6.45) is -0.0347. The van der Waals surface area contributed by atoms with Gasteiger partial charge in [-0.25, -0.2) is 17.5 Å². The van der Waals surface area contributed by atoms with E-state index in [1.54, 1.807) is 25.1 Å². The van der Waals surface area contributed by atoms with E-state index in [-0.39, 0.29) is 29.5 Å². The molecule has 0 aliphatic heterocycles. The lowest BCUT2D eigenvalue weighted by molar-refractivity contribution is -0.121. The molecule has 6 nitrogen and oxygen atoms in total. The van der Waals surface area contributed by atoms with Gasteiger partial charge in [0.15, 0.2) is 11.6 Å². The third-order valence-corrected chi connectivity index (χ3v) is 5.94. The van der Waals surface area contributed by atoms with Crippen LogP contribution in [0.2, 0.25) is 0 Å². The van der Waals surface area contributed by atoms with Gasteiger partial charge in [0.25, 0.3) is 0 Å². The molecular weight excluding hydrogens is 383 g/mol. The van der Waals surface area contributed by atoms with Crippen LogP contribution in [-0.2, 0) is 14.8 Å². The van der Waals surface area contributed by atoms with Crippen LogP contribution in [0.3, 0.4) is 0 Å². The van der Waals surface area contributed by atoms with Crippen LogP contribution in [0, 0.1) is 19.7 Å². The molecule has 1 amide bonds. The Balaban J connectivity index is 1.89. The molecule has 0 bridgehead atoms. The number of carbonyl (C=O) groups is 1. The molecule has 8 heteroatoms. The molecule has 0 spiro atoms. The molecule has 2 aromatic rings. The summed E-state index contributed by atoms with van der Waals surface area (Å²) in [5.41, 5.74) is 2.46. The Morgan fingerprint density at radius 3 is 2.46 bits per heavy atom. The van der Waals surface area contributed by atoms with Crippen molar-refractivity contribution >= 4 is 15.9 Å². The number of sulfonamides is 1. The van der Waals surface area contributed by atoms with Gasteiger partial charge in [0, 0.05) is 13.0 Å². The first-order chi connectivity index (χ1) is 13.1. The van der Waals surface area contributed by atoms with Gasteiger partial charge in [-0.2, -0.15) is 0 Å². The Hall–Kier alpha value is -2.45. The number of hydrogen-bond acceptors (Lipinski definition) is 4. The molecule has 152 valence electrons. The van der Waals surface area contributed by atoms with Crippen LogP contribution in [0.4, 0.5) is 4.39 Å². The maximum Gasteiger partial charge on any atom is 0.240 e. The molecule has 0 heterocycles. The number of carbonyl (C=O) groups excluding carboxylic acids is 1. The molecule has 0 saturated carbocycles. The van der Waals surface area contributed by atoms with E-state index in [1.807, 2.05) is 13.8 Å². The molecular formula is C20H25FN2O4S. The lowest BCUT2D eigenvalue weighted by Gasteiger charge is -2.15. The molecule has 0 aromatic heterocycles. The van der Waals surface area contributed by atoms with Crippen molar-refractivity contribution in [3.63, 3.8) is 0 Å². The first kappa shape index (κ1) is 21.8. The highest BCUT2D eigenvalue weighted by atomic mass is 32.2. The van der Waals surface area contributed by atoms with Crippen molar-refractivity contribution in [2.24, 2.45) is 0 Å². The fourth-order valence-electron chi connectivity index (χ4n) is 2.61. The average molecular weight is 408 g/mol. The van der Waals surface area contributed by atoms with Gasteiger partial charge in [-0.05, 0) is 61.7 Å². The first-order valence-corrected chi connectivity index (χ1v) is 10.3. The summed E-state index contributed by atoms with van der Waals surface area (Å²) in [6.45, 7) is 5.42. The second-order valence-corrected chi connectivity index (χ2v) is 8.34. The molecule has 0 fully saturated rings. The molecule has 2 N–H and O–H groups in total. The number of amides is 1. The third-order valence-electron chi connectivity index (χ3n) is 4.49. The summed E-state index contributed by atoms with van der Waals surface area (Å²) in [7, 11) is -2.31. The summed E-state index contributed by atoms with van der Waals surface area (Å²) in [5, 5.41) is 2.72. The monoisotopic (exact) mass is 408 g/mol. The van der Waals surface area contributed by atoms with E-state index >= 15 is 0 Å². The van der Waals surface area contributed by atoms with Crippen LogP contribution in [0.1, 0.15) is 36.1 Å². The second kappa shape index (κ2) is 9.16. The van der Waals surface area contributed by atoms with E-state index in [4.69, 9.17) is 4.74 Å². The highest BCUT2D eigenvalue weighted by Crippen LogP contribution is 2.21. The van der Waals surface area contributed by atoms with Crippen molar-refractivity contribution in [2.75, 3.05) is 13.7 Å². The van der Waals surface area contributed by atoms with Crippen molar-refractivity contribution in [3.8, 4) is 5.75 Å². The van der Waals surface area contributed by atoms with Gasteiger partial charge in [0.2, 0.25) is 15.9 Å². The minimum atomic E-state index is -3.68. The van der Waals surface area contributed by atoms with Gasteiger partial charge in [0.05, 0.1) is 18.0 Å². The van der Waals surface area contributed by atoms with Crippen molar-refractivity contribution in [3.05, 3.63) is 58.9 Å². The van der Waals surface area contributed by atoms with E-state index < -0.39 is 21.9 Å². The van der Waals surface area contributed by atoms with Crippen molar-refractivity contribution in [1.82, 2.24) is 10.0 Å². The van der Waals surface area contributed by atoms with E-state index in [0.29, 0.717) is 5.56 Å². The predicted molar refractivity (Wildman–Crippen MR) is 105 cm³/mol. The zero-order valence-electron chi connectivity index (χ0n) is 16.4. The summed E-state index contributed by atoms with van der Waals surface area (Å²) < 4.78 is 45.7. The van der Waals surface area contributed by atoms with E-state index in [2.05, 4.69) is 10.0 Å². The largest absolute Gasteiger partial charge is 0.494 e. The maximum absolute atomic E-state index is 13.8. The second-order valence-electron chi connectivity index (χ2n) is 6.58. The Morgan fingerprint density at radius 2 is 1.86 bits per heavy atom. The van der Waals surface area contributed by atoms with Gasteiger partial charge in [-0.1, -0.05) is 12.1 Å². The molecule has 0 aliphatic carbocycles. The summed E-state index contributed by atoms with van der Waals surface area (Å²) >= 11 is 0. The molecule has 28 heavy (non-hydrogen) atoms. The smallest absolute Gasteiger partial charge is 0.240 e. The van der Waals surface area contributed by atoms with Crippen LogP contribution in [0.25, 0.3) is 0 Å². The summed E-state index contributed by atoms with van der Waals surface area (Å²) in [4.78, 5) is 12.3. The van der Waals surface area contributed by atoms with Crippen LogP contribution in [0.15, 0.2) is 41.3 Å². The Morgan fingerprint density at radius 1 is 1.14 bits per heavy atom. The van der Waals surface area contributed by atoms with E-state index in [9.17, 15) is 17.6 Å². The number of hydrogen-bond donors (Lipinski definition) is 2. The number of methoxy groups -OCH3 is 1.